The number of hydrogen-bond donors (Lipinski definition) is 1. The van der Waals surface area contributed by atoms with Crippen LogP contribution in [0.3, 0.4) is 0 Å². The Morgan fingerprint density at radius 1 is 1.17 bits per heavy atom. The summed E-state index contributed by atoms with van der Waals surface area (Å²) in [6.07, 6.45) is 1.45. The maximum absolute atomic E-state index is 12.4. The maximum Gasteiger partial charge on any atom is 0.326 e. The smallest absolute Gasteiger partial charge is 0.326 e. The standard InChI is InChI=1S/C17H16ClN3O3/c18-15-6-5-14(24-15)16(22)20-9-7-11(8-10-20)21-13-4-2-1-3-12(13)19-17(21)23/h1-6,11H,7-10H2,(H,19,23). The van der Waals surface area contributed by atoms with E-state index in [-0.39, 0.29) is 28.6 Å². The number of hydrogen-bond acceptors (Lipinski definition) is 3. The van der Waals surface area contributed by atoms with Gasteiger partial charge in [-0.3, -0.25) is 9.36 Å². The molecule has 0 bridgehead atoms. The highest BCUT2D eigenvalue weighted by Crippen LogP contribution is 2.26. The molecule has 1 fully saturated rings. The number of carbonyl (C=O) groups is 1. The van der Waals surface area contributed by atoms with Gasteiger partial charge in [0.25, 0.3) is 5.91 Å². The summed E-state index contributed by atoms with van der Waals surface area (Å²) in [6, 6.07) is 10.9. The van der Waals surface area contributed by atoms with Crippen LogP contribution in [0.15, 0.2) is 45.6 Å². The molecule has 1 aliphatic heterocycles. The number of halogens is 1. The van der Waals surface area contributed by atoms with Crippen LogP contribution in [0.1, 0.15) is 29.4 Å². The number of aromatic amines is 1. The first-order valence-corrected chi connectivity index (χ1v) is 8.25. The van der Waals surface area contributed by atoms with Crippen LogP contribution >= 0.6 is 11.6 Å². The normalized spacial score (nSPS) is 16.0. The maximum atomic E-state index is 12.4. The highest BCUT2D eigenvalue weighted by atomic mass is 35.5. The predicted octanol–water partition coefficient (Wildman–Crippen LogP) is 3.05. The molecule has 3 heterocycles. The van der Waals surface area contributed by atoms with Gasteiger partial charge in [0.15, 0.2) is 11.0 Å². The lowest BCUT2D eigenvalue weighted by molar-refractivity contribution is 0.0663. The summed E-state index contributed by atoms with van der Waals surface area (Å²) >= 11 is 5.73. The van der Waals surface area contributed by atoms with Crippen molar-refractivity contribution in [2.24, 2.45) is 0 Å². The van der Waals surface area contributed by atoms with Gasteiger partial charge in [-0.25, -0.2) is 4.79 Å². The summed E-state index contributed by atoms with van der Waals surface area (Å²) in [5.41, 5.74) is 1.65. The van der Waals surface area contributed by atoms with Gasteiger partial charge >= 0.3 is 5.69 Å². The number of amides is 1. The van der Waals surface area contributed by atoms with Crippen molar-refractivity contribution in [3.8, 4) is 0 Å². The number of fused-ring (bicyclic) bond motifs is 1. The number of benzene rings is 1. The molecular weight excluding hydrogens is 330 g/mol. The fourth-order valence-electron chi connectivity index (χ4n) is 3.35. The average molecular weight is 346 g/mol. The molecule has 0 atom stereocenters. The van der Waals surface area contributed by atoms with Crippen molar-refractivity contribution in [3.63, 3.8) is 0 Å². The SMILES string of the molecule is O=C(c1ccc(Cl)o1)N1CCC(n2c(=O)[nH]c3ccccc32)CC1. The summed E-state index contributed by atoms with van der Waals surface area (Å²) in [4.78, 5) is 29.3. The number of rotatable bonds is 2. The minimum Gasteiger partial charge on any atom is -0.440 e. The number of imidazole rings is 1. The molecule has 1 aromatic carbocycles. The zero-order chi connectivity index (χ0) is 16.7. The van der Waals surface area contributed by atoms with Crippen LogP contribution in [0.2, 0.25) is 5.22 Å². The van der Waals surface area contributed by atoms with Gasteiger partial charge < -0.3 is 14.3 Å². The molecule has 3 aromatic rings. The second-order valence-electron chi connectivity index (χ2n) is 5.94. The zero-order valence-electron chi connectivity index (χ0n) is 12.9. The molecule has 2 aromatic heterocycles. The second-order valence-corrected chi connectivity index (χ2v) is 6.32. The van der Waals surface area contributed by atoms with E-state index in [1.54, 1.807) is 21.6 Å². The molecule has 1 saturated heterocycles. The number of para-hydroxylation sites is 2. The Kier molecular flexibility index (Phi) is 3.69. The Morgan fingerprint density at radius 3 is 2.62 bits per heavy atom. The van der Waals surface area contributed by atoms with Crippen molar-refractivity contribution in [2.45, 2.75) is 18.9 Å². The first-order chi connectivity index (χ1) is 11.6. The van der Waals surface area contributed by atoms with E-state index < -0.39 is 0 Å². The van der Waals surface area contributed by atoms with Gasteiger partial charge in [0.05, 0.1) is 11.0 Å². The molecule has 0 saturated carbocycles. The van der Waals surface area contributed by atoms with Crippen molar-refractivity contribution in [2.75, 3.05) is 13.1 Å². The van der Waals surface area contributed by atoms with Crippen molar-refractivity contribution in [1.82, 2.24) is 14.5 Å². The van der Waals surface area contributed by atoms with Crippen LogP contribution in [-0.4, -0.2) is 33.4 Å². The van der Waals surface area contributed by atoms with Gasteiger partial charge in [-0.05, 0) is 48.7 Å². The summed E-state index contributed by atoms with van der Waals surface area (Å²) in [5, 5.41) is 0.207. The monoisotopic (exact) mass is 345 g/mol. The molecule has 124 valence electrons. The van der Waals surface area contributed by atoms with Crippen molar-refractivity contribution in [3.05, 3.63) is 57.9 Å². The summed E-state index contributed by atoms with van der Waals surface area (Å²) in [5.74, 6) is 0.0920. The van der Waals surface area contributed by atoms with Gasteiger partial charge in [0.1, 0.15) is 0 Å². The number of piperidine rings is 1. The highest BCUT2D eigenvalue weighted by Gasteiger charge is 2.27. The lowest BCUT2D eigenvalue weighted by Crippen LogP contribution is -2.40. The lowest BCUT2D eigenvalue weighted by atomic mass is 10.0. The van der Waals surface area contributed by atoms with Crippen LogP contribution in [0.5, 0.6) is 0 Å². The second kappa shape index (κ2) is 5.87. The van der Waals surface area contributed by atoms with Gasteiger partial charge in [0, 0.05) is 19.1 Å². The molecular formula is C17H16ClN3O3. The third-order valence-electron chi connectivity index (χ3n) is 4.52. The molecule has 1 N–H and O–H groups in total. The molecule has 7 heteroatoms. The Morgan fingerprint density at radius 2 is 1.92 bits per heavy atom. The average Bonchev–Trinajstić information content (AvgIpc) is 3.17. The molecule has 4 rings (SSSR count). The van der Waals surface area contributed by atoms with E-state index in [0.717, 1.165) is 23.9 Å². The molecule has 0 unspecified atom stereocenters. The largest absolute Gasteiger partial charge is 0.440 e. The van der Waals surface area contributed by atoms with E-state index >= 15 is 0 Å². The van der Waals surface area contributed by atoms with Crippen molar-refractivity contribution in [1.29, 1.82) is 0 Å². The van der Waals surface area contributed by atoms with E-state index in [2.05, 4.69) is 4.98 Å². The summed E-state index contributed by atoms with van der Waals surface area (Å²) in [7, 11) is 0. The minimum atomic E-state index is -0.161. The summed E-state index contributed by atoms with van der Waals surface area (Å²) < 4.78 is 6.99. The number of nitrogens with one attached hydrogen (secondary N) is 1. The Balaban J connectivity index is 1.52. The van der Waals surface area contributed by atoms with Gasteiger partial charge in [-0.15, -0.1) is 0 Å². The highest BCUT2D eigenvalue weighted by molar-refractivity contribution is 6.29. The quantitative estimate of drug-likeness (QED) is 0.776. The number of H-pyrrole nitrogens is 1. The number of aromatic nitrogens is 2. The molecule has 1 aliphatic rings. The number of likely N-dealkylation sites (tertiary alicyclic amines) is 1. The molecule has 6 nitrogen and oxygen atoms in total. The molecule has 0 spiro atoms. The topological polar surface area (TPSA) is 71.2 Å². The van der Waals surface area contributed by atoms with Crippen molar-refractivity contribution < 1.29 is 9.21 Å². The van der Waals surface area contributed by atoms with E-state index in [4.69, 9.17) is 16.0 Å². The zero-order valence-corrected chi connectivity index (χ0v) is 13.6. The molecule has 0 aliphatic carbocycles. The predicted molar refractivity (Wildman–Crippen MR) is 90.5 cm³/mol. The van der Waals surface area contributed by atoms with Crippen molar-refractivity contribution >= 4 is 28.5 Å². The van der Waals surface area contributed by atoms with Crippen LogP contribution < -0.4 is 5.69 Å². The number of nitrogens with zero attached hydrogens (tertiary/aromatic N) is 2. The first kappa shape index (κ1) is 15.1. The fourth-order valence-corrected chi connectivity index (χ4v) is 3.50. The third kappa shape index (κ3) is 2.53. The lowest BCUT2D eigenvalue weighted by Gasteiger charge is -2.32. The van der Waals surface area contributed by atoms with Crippen LogP contribution in [0, 0.1) is 0 Å². The fraction of sp³-hybridized carbons (Fsp3) is 0.294. The van der Waals surface area contributed by atoms with E-state index in [1.165, 1.54) is 0 Å². The van der Waals surface area contributed by atoms with E-state index in [1.807, 2.05) is 24.3 Å². The van der Waals surface area contributed by atoms with Gasteiger partial charge in [-0.2, -0.15) is 0 Å². The molecule has 0 radical (unpaired) electrons. The Hall–Kier alpha value is -2.47. The molecule has 1 amide bonds. The number of furan rings is 1. The minimum absolute atomic E-state index is 0.0814. The number of carbonyl (C=O) groups excluding carboxylic acids is 1. The van der Waals surface area contributed by atoms with Gasteiger partial charge in [-0.1, -0.05) is 12.1 Å². The Labute approximate surface area is 142 Å². The first-order valence-electron chi connectivity index (χ1n) is 7.87. The van der Waals surface area contributed by atoms with E-state index in [9.17, 15) is 9.59 Å². The molecule has 24 heavy (non-hydrogen) atoms. The summed E-state index contributed by atoms with van der Waals surface area (Å²) in [6.45, 7) is 1.15. The van der Waals surface area contributed by atoms with E-state index in [0.29, 0.717) is 13.1 Å². The van der Waals surface area contributed by atoms with Crippen LogP contribution in [0.4, 0.5) is 0 Å². The van der Waals surface area contributed by atoms with Crippen LogP contribution in [0.25, 0.3) is 11.0 Å². The van der Waals surface area contributed by atoms with Gasteiger partial charge in [0.2, 0.25) is 0 Å². The van der Waals surface area contributed by atoms with Crippen LogP contribution in [-0.2, 0) is 0 Å². The third-order valence-corrected chi connectivity index (χ3v) is 4.73. The Bertz CT molecular complexity index is 947.